The van der Waals surface area contributed by atoms with Crippen molar-refractivity contribution in [2.45, 2.75) is 79.7 Å². The summed E-state index contributed by atoms with van der Waals surface area (Å²) >= 11 is 1.37. The summed E-state index contributed by atoms with van der Waals surface area (Å²) in [4.78, 5) is 32.4. The number of nitrogens with zero attached hydrogens (tertiary/aromatic N) is 2. The van der Waals surface area contributed by atoms with Gasteiger partial charge in [-0.25, -0.2) is 9.78 Å². The molecule has 6 heteroatoms. The van der Waals surface area contributed by atoms with Crippen LogP contribution in [0.25, 0.3) is 0 Å². The fraction of sp³-hybridized carbons (Fsp3) is 0.452. The Labute approximate surface area is 225 Å². The second-order valence-corrected chi connectivity index (χ2v) is 11.3. The highest BCUT2D eigenvalue weighted by Crippen LogP contribution is 2.53. The third-order valence-corrected chi connectivity index (χ3v) is 8.03. The molecular formula is C31H40N2O3S. The Morgan fingerprint density at radius 2 is 1.89 bits per heavy atom. The predicted octanol–water partition coefficient (Wildman–Crippen LogP) is 7.31. The van der Waals surface area contributed by atoms with Gasteiger partial charge in [0.25, 0.3) is 0 Å². The number of aromatic carboxylic acids is 1. The van der Waals surface area contributed by atoms with Gasteiger partial charge in [0.2, 0.25) is 5.91 Å². The number of rotatable bonds is 13. The summed E-state index contributed by atoms with van der Waals surface area (Å²) in [5.41, 5.74) is 4.47. The molecule has 1 aliphatic carbocycles. The first-order chi connectivity index (χ1) is 17.7. The lowest BCUT2D eigenvalue weighted by Gasteiger charge is -2.27. The van der Waals surface area contributed by atoms with Crippen LogP contribution in [-0.4, -0.2) is 33.4 Å². The smallest absolute Gasteiger partial charge is 0.355 e. The average molecular weight is 521 g/mol. The number of carbonyl (C=O) groups excluding carboxylic acids is 1. The van der Waals surface area contributed by atoms with Crippen LogP contribution in [0.2, 0.25) is 0 Å². The Morgan fingerprint density at radius 3 is 2.51 bits per heavy atom. The largest absolute Gasteiger partial charge is 0.476 e. The second-order valence-electron chi connectivity index (χ2n) is 9.97. The van der Waals surface area contributed by atoms with E-state index in [2.05, 4.69) is 81.2 Å². The minimum absolute atomic E-state index is 0.0849. The number of carboxylic acid groups (broad SMARTS) is 1. The van der Waals surface area contributed by atoms with Gasteiger partial charge in [0.1, 0.15) is 5.01 Å². The number of carbonyl (C=O) groups is 2. The maximum absolute atomic E-state index is 14.0. The number of hydrogen-bond acceptors (Lipinski definition) is 4. The maximum atomic E-state index is 14.0. The lowest BCUT2D eigenvalue weighted by atomic mass is 9.94. The van der Waals surface area contributed by atoms with E-state index in [9.17, 15) is 14.7 Å². The van der Waals surface area contributed by atoms with Gasteiger partial charge in [-0.05, 0) is 70.4 Å². The fourth-order valence-electron chi connectivity index (χ4n) is 4.59. The third-order valence-electron chi connectivity index (χ3n) is 7.08. The van der Waals surface area contributed by atoms with Gasteiger partial charge < -0.3 is 10.0 Å². The predicted molar refractivity (Wildman–Crippen MR) is 152 cm³/mol. The van der Waals surface area contributed by atoms with Crippen molar-refractivity contribution in [1.82, 2.24) is 9.88 Å². The van der Waals surface area contributed by atoms with Crippen LogP contribution >= 0.6 is 11.3 Å². The molecule has 5 nitrogen and oxygen atoms in total. The lowest BCUT2D eigenvalue weighted by Crippen LogP contribution is -2.38. The Bertz CT molecular complexity index is 1200. The standard InChI is InChI=1S/C31H40N2O3S/c1-6-8-11-22(3)15-16-23(4)31(17-18-31)30(36)33(21-27-32-28(29(34)35)24(5)37-27)19-10-14-26-13-9-12-25(7-2)20-26/h8-9,11-13,15-16,20H,6-7,10,14,17-19,21H2,1-5H3,(H,34,35)/b11-8+,22-15-,23-16+. The second kappa shape index (κ2) is 13.0. The summed E-state index contributed by atoms with van der Waals surface area (Å²) in [5.74, 6) is -0.895. The molecule has 1 heterocycles. The number of aromatic nitrogens is 1. The van der Waals surface area contributed by atoms with Gasteiger partial charge in [-0.2, -0.15) is 0 Å². The van der Waals surface area contributed by atoms with Gasteiger partial charge in [0.15, 0.2) is 5.69 Å². The number of aryl methyl sites for hydroxylation is 3. The molecule has 198 valence electrons. The van der Waals surface area contributed by atoms with E-state index < -0.39 is 11.4 Å². The van der Waals surface area contributed by atoms with E-state index in [-0.39, 0.29) is 11.6 Å². The minimum atomic E-state index is -1.02. The molecule has 1 amide bonds. The van der Waals surface area contributed by atoms with Crippen molar-refractivity contribution in [3.05, 3.63) is 86.4 Å². The number of thiazole rings is 1. The number of amides is 1. The average Bonchev–Trinajstić information content (AvgIpc) is 3.61. The maximum Gasteiger partial charge on any atom is 0.355 e. The summed E-state index contributed by atoms with van der Waals surface area (Å²) < 4.78 is 0. The molecule has 0 aliphatic heterocycles. The Hall–Kier alpha value is -2.99. The first-order valence-electron chi connectivity index (χ1n) is 13.3. The molecule has 1 aromatic carbocycles. The Kier molecular flexibility index (Phi) is 10.0. The number of benzene rings is 1. The summed E-state index contributed by atoms with van der Waals surface area (Å²) in [6.45, 7) is 11.1. The van der Waals surface area contributed by atoms with Gasteiger partial charge in [-0.3, -0.25) is 4.79 Å². The Balaban J connectivity index is 1.80. The van der Waals surface area contributed by atoms with Crippen molar-refractivity contribution in [2.75, 3.05) is 6.54 Å². The molecule has 0 bridgehead atoms. The molecule has 1 saturated carbocycles. The molecule has 0 unspecified atom stereocenters. The van der Waals surface area contributed by atoms with Crippen molar-refractivity contribution >= 4 is 23.2 Å². The van der Waals surface area contributed by atoms with Gasteiger partial charge >= 0.3 is 5.97 Å². The minimum Gasteiger partial charge on any atom is -0.476 e. The first-order valence-corrected chi connectivity index (χ1v) is 14.1. The first kappa shape index (κ1) is 28.6. The quantitative estimate of drug-likeness (QED) is 0.281. The molecule has 0 saturated heterocycles. The molecule has 1 N–H and O–H groups in total. The number of hydrogen-bond donors (Lipinski definition) is 1. The molecule has 3 rings (SSSR count). The van der Waals surface area contributed by atoms with Crippen LogP contribution in [0, 0.1) is 12.3 Å². The molecular weight excluding hydrogens is 480 g/mol. The van der Waals surface area contributed by atoms with Crippen molar-refractivity contribution < 1.29 is 14.7 Å². The van der Waals surface area contributed by atoms with Gasteiger partial charge in [-0.15, -0.1) is 11.3 Å². The zero-order valence-electron chi connectivity index (χ0n) is 22.8. The van der Waals surface area contributed by atoms with E-state index >= 15 is 0 Å². The van der Waals surface area contributed by atoms with Crippen LogP contribution in [0.5, 0.6) is 0 Å². The summed E-state index contributed by atoms with van der Waals surface area (Å²) in [6.07, 6.45) is 13.8. The fourth-order valence-corrected chi connectivity index (χ4v) is 5.53. The molecule has 0 radical (unpaired) electrons. The summed E-state index contributed by atoms with van der Waals surface area (Å²) in [6, 6.07) is 8.63. The molecule has 2 aromatic rings. The highest BCUT2D eigenvalue weighted by atomic mass is 32.1. The van der Waals surface area contributed by atoms with Crippen molar-refractivity contribution in [3.8, 4) is 0 Å². The molecule has 0 spiro atoms. The van der Waals surface area contributed by atoms with Crippen LogP contribution in [0.3, 0.4) is 0 Å². The molecule has 0 atom stereocenters. The number of carboxylic acids is 1. The lowest BCUT2D eigenvalue weighted by molar-refractivity contribution is -0.136. The van der Waals surface area contributed by atoms with Crippen molar-refractivity contribution in [1.29, 1.82) is 0 Å². The van der Waals surface area contributed by atoms with Crippen LogP contribution < -0.4 is 0 Å². The van der Waals surface area contributed by atoms with Gasteiger partial charge in [-0.1, -0.05) is 73.6 Å². The Morgan fingerprint density at radius 1 is 1.16 bits per heavy atom. The third kappa shape index (κ3) is 7.51. The van der Waals surface area contributed by atoms with Crippen LogP contribution in [0.1, 0.15) is 84.9 Å². The van der Waals surface area contributed by atoms with Crippen molar-refractivity contribution in [3.63, 3.8) is 0 Å². The molecule has 37 heavy (non-hydrogen) atoms. The van der Waals surface area contributed by atoms with E-state index in [0.717, 1.165) is 49.7 Å². The van der Waals surface area contributed by atoms with E-state index in [0.29, 0.717) is 23.0 Å². The van der Waals surface area contributed by atoms with Gasteiger partial charge in [0, 0.05) is 11.4 Å². The van der Waals surface area contributed by atoms with Crippen LogP contribution in [-0.2, 0) is 24.2 Å². The van der Waals surface area contributed by atoms with Crippen LogP contribution in [0.15, 0.2) is 59.7 Å². The van der Waals surface area contributed by atoms with Gasteiger partial charge in [0.05, 0.1) is 12.0 Å². The topological polar surface area (TPSA) is 70.5 Å². The summed E-state index contributed by atoms with van der Waals surface area (Å²) in [5, 5.41) is 10.1. The highest BCUT2D eigenvalue weighted by molar-refractivity contribution is 7.11. The molecule has 1 aromatic heterocycles. The molecule has 1 fully saturated rings. The SMILES string of the molecule is CC/C=C/C(C)=C\C=C(/C)C1(C(=O)N(CCCc2cccc(CC)c2)Cc2nc(C(=O)O)c(C)s2)CC1. The monoisotopic (exact) mass is 520 g/mol. The van der Waals surface area contributed by atoms with E-state index in [4.69, 9.17) is 0 Å². The molecule has 1 aliphatic rings. The zero-order valence-corrected chi connectivity index (χ0v) is 23.7. The van der Waals surface area contributed by atoms with E-state index in [1.165, 1.54) is 22.5 Å². The van der Waals surface area contributed by atoms with E-state index in [1.54, 1.807) is 6.92 Å². The van der Waals surface area contributed by atoms with Crippen LogP contribution in [0.4, 0.5) is 0 Å². The summed E-state index contributed by atoms with van der Waals surface area (Å²) in [7, 11) is 0. The number of allylic oxidation sites excluding steroid dienone is 5. The highest BCUT2D eigenvalue weighted by Gasteiger charge is 2.52. The zero-order chi connectivity index (χ0) is 27.0. The van der Waals surface area contributed by atoms with E-state index in [1.807, 2.05) is 4.90 Å². The van der Waals surface area contributed by atoms with Crippen molar-refractivity contribution in [2.24, 2.45) is 5.41 Å². The normalized spacial score (nSPS) is 15.3.